The molecule has 0 radical (unpaired) electrons. The van der Waals surface area contributed by atoms with Crippen molar-refractivity contribution in [2.45, 2.75) is 13.0 Å². The molecule has 8 heteroatoms. The lowest BCUT2D eigenvalue weighted by molar-refractivity contribution is -0.129. The Labute approximate surface area is 162 Å². The minimum atomic E-state index is 0.147. The summed E-state index contributed by atoms with van der Waals surface area (Å²) in [5, 5.41) is 8.35. The zero-order valence-electron chi connectivity index (χ0n) is 15.2. The van der Waals surface area contributed by atoms with E-state index in [0.29, 0.717) is 24.9 Å². The van der Waals surface area contributed by atoms with E-state index in [1.54, 1.807) is 19.0 Å². The van der Waals surface area contributed by atoms with Crippen LogP contribution in [0.1, 0.15) is 12.3 Å². The number of rotatable bonds is 5. The number of carbonyl (C=O) groups excluding carboxylic acids is 1. The second-order valence-electron chi connectivity index (χ2n) is 6.71. The van der Waals surface area contributed by atoms with Crippen LogP contribution in [0, 0.1) is 0 Å². The van der Waals surface area contributed by atoms with Crippen molar-refractivity contribution >= 4 is 21.8 Å². The number of aromatic nitrogens is 2. The van der Waals surface area contributed by atoms with Gasteiger partial charge in [0.25, 0.3) is 0 Å². The predicted molar refractivity (Wildman–Crippen MR) is 102 cm³/mol. The van der Waals surface area contributed by atoms with Crippen LogP contribution in [0.2, 0.25) is 0 Å². The first-order valence-corrected chi connectivity index (χ1v) is 9.54. The van der Waals surface area contributed by atoms with Gasteiger partial charge in [-0.2, -0.15) is 0 Å². The van der Waals surface area contributed by atoms with Gasteiger partial charge in [0.15, 0.2) is 0 Å². The molecule has 0 N–H and O–H groups in total. The van der Waals surface area contributed by atoms with E-state index in [0.717, 1.165) is 42.6 Å². The summed E-state index contributed by atoms with van der Waals surface area (Å²) in [5.41, 5.74) is 0.905. The van der Waals surface area contributed by atoms with Gasteiger partial charge in [-0.25, -0.2) is 0 Å². The van der Waals surface area contributed by atoms with Crippen molar-refractivity contribution in [2.24, 2.45) is 0 Å². The first-order chi connectivity index (χ1) is 12.5. The predicted octanol–water partition coefficient (Wildman–Crippen LogP) is 2.10. The Morgan fingerprint density at radius 1 is 1.19 bits per heavy atom. The molecule has 7 nitrogen and oxygen atoms in total. The summed E-state index contributed by atoms with van der Waals surface area (Å²) < 4.78 is 6.81. The molecule has 1 aromatic carbocycles. The zero-order valence-corrected chi connectivity index (χ0v) is 16.8. The molecule has 0 unspecified atom stereocenters. The van der Waals surface area contributed by atoms with Crippen LogP contribution in [0.5, 0.6) is 0 Å². The largest absolute Gasteiger partial charge is 0.419 e. The Hall–Kier alpha value is -1.77. The highest BCUT2D eigenvalue weighted by Gasteiger charge is 2.19. The highest BCUT2D eigenvalue weighted by molar-refractivity contribution is 9.10. The quantitative estimate of drug-likeness (QED) is 0.736. The van der Waals surface area contributed by atoms with E-state index in [4.69, 9.17) is 4.42 Å². The van der Waals surface area contributed by atoms with Crippen molar-refractivity contribution in [3.63, 3.8) is 0 Å². The fourth-order valence-electron chi connectivity index (χ4n) is 2.92. The van der Waals surface area contributed by atoms with Crippen molar-refractivity contribution < 1.29 is 9.21 Å². The van der Waals surface area contributed by atoms with Gasteiger partial charge in [-0.1, -0.05) is 22.0 Å². The fraction of sp³-hybridized carbons (Fsp3) is 0.500. The smallest absolute Gasteiger partial charge is 0.247 e. The number of halogens is 1. The monoisotopic (exact) mass is 421 g/mol. The van der Waals surface area contributed by atoms with E-state index in [-0.39, 0.29) is 5.91 Å². The molecule has 0 atom stereocenters. The molecule has 140 valence electrons. The molecule has 1 aliphatic heterocycles. The van der Waals surface area contributed by atoms with Crippen LogP contribution < -0.4 is 0 Å². The average molecular weight is 422 g/mol. The minimum absolute atomic E-state index is 0.147. The third-order valence-electron chi connectivity index (χ3n) is 4.44. The normalized spacial score (nSPS) is 16.4. The molecule has 2 heterocycles. The van der Waals surface area contributed by atoms with Gasteiger partial charge in [0.2, 0.25) is 17.7 Å². The summed E-state index contributed by atoms with van der Waals surface area (Å²) in [5.74, 6) is 1.31. The summed E-state index contributed by atoms with van der Waals surface area (Å²) in [6, 6.07) is 7.82. The van der Waals surface area contributed by atoms with Gasteiger partial charge < -0.3 is 9.32 Å². The Balaban J connectivity index is 1.56. The minimum Gasteiger partial charge on any atom is -0.419 e. The second kappa shape index (κ2) is 8.75. The molecule has 26 heavy (non-hydrogen) atoms. The number of hydrogen-bond acceptors (Lipinski definition) is 6. The lowest BCUT2D eigenvalue weighted by atomic mass is 10.2. The summed E-state index contributed by atoms with van der Waals surface area (Å²) in [7, 11) is 3.59. The van der Waals surface area contributed by atoms with Gasteiger partial charge in [0.1, 0.15) is 0 Å². The molecular weight excluding hydrogens is 398 g/mol. The summed E-state index contributed by atoms with van der Waals surface area (Å²) >= 11 is 3.46. The lowest BCUT2D eigenvalue weighted by Crippen LogP contribution is -2.38. The van der Waals surface area contributed by atoms with E-state index in [9.17, 15) is 4.79 Å². The zero-order chi connectivity index (χ0) is 18.5. The van der Waals surface area contributed by atoms with Gasteiger partial charge in [0.05, 0.1) is 13.1 Å². The number of amides is 1. The number of benzene rings is 1. The maximum absolute atomic E-state index is 11.9. The molecule has 3 rings (SSSR count). The van der Waals surface area contributed by atoms with Crippen LogP contribution in [-0.2, 0) is 11.3 Å². The molecule has 0 aliphatic carbocycles. The summed E-state index contributed by atoms with van der Waals surface area (Å²) in [4.78, 5) is 18.1. The number of likely N-dealkylation sites (N-methyl/N-ethyl adjacent to an activating group) is 1. The molecule has 0 saturated carbocycles. The van der Waals surface area contributed by atoms with Crippen LogP contribution in [0.4, 0.5) is 0 Å². The van der Waals surface area contributed by atoms with Gasteiger partial charge in [0, 0.05) is 37.2 Å². The third kappa shape index (κ3) is 5.12. The van der Waals surface area contributed by atoms with Gasteiger partial charge >= 0.3 is 0 Å². The average Bonchev–Trinajstić information content (AvgIpc) is 2.96. The van der Waals surface area contributed by atoms with Crippen molar-refractivity contribution in [1.82, 2.24) is 24.9 Å². The standard InChI is InChI=1S/C18H24BrN5O2/c1-22(2)17(25)13-24-8-4-7-23(9-10-24)12-16-20-21-18(26-16)14-5-3-6-15(19)11-14/h3,5-6,11H,4,7-10,12-13H2,1-2H3. The van der Waals surface area contributed by atoms with Crippen molar-refractivity contribution in [2.75, 3.05) is 46.8 Å². The van der Waals surface area contributed by atoms with Crippen LogP contribution in [-0.4, -0.2) is 77.6 Å². The third-order valence-corrected chi connectivity index (χ3v) is 4.93. The lowest BCUT2D eigenvalue weighted by Gasteiger charge is -2.22. The molecule has 0 bridgehead atoms. The van der Waals surface area contributed by atoms with Gasteiger partial charge in [-0.05, 0) is 37.7 Å². The molecule has 1 fully saturated rings. The maximum Gasteiger partial charge on any atom is 0.247 e. The molecule has 0 spiro atoms. The fourth-order valence-corrected chi connectivity index (χ4v) is 3.32. The Kier molecular flexibility index (Phi) is 6.39. The van der Waals surface area contributed by atoms with E-state index in [1.807, 2.05) is 24.3 Å². The number of nitrogens with zero attached hydrogens (tertiary/aromatic N) is 5. The second-order valence-corrected chi connectivity index (χ2v) is 7.62. The van der Waals surface area contributed by atoms with Crippen LogP contribution >= 0.6 is 15.9 Å². The molecule has 1 aromatic heterocycles. The highest BCUT2D eigenvalue weighted by Crippen LogP contribution is 2.22. The van der Waals surface area contributed by atoms with Crippen LogP contribution in [0.15, 0.2) is 33.2 Å². The van der Waals surface area contributed by atoms with E-state index >= 15 is 0 Å². The van der Waals surface area contributed by atoms with Crippen LogP contribution in [0.25, 0.3) is 11.5 Å². The van der Waals surface area contributed by atoms with Crippen molar-refractivity contribution in [3.8, 4) is 11.5 Å². The SMILES string of the molecule is CN(C)C(=O)CN1CCCN(Cc2nnc(-c3cccc(Br)c3)o2)CC1. The molecule has 2 aromatic rings. The maximum atomic E-state index is 11.9. The highest BCUT2D eigenvalue weighted by atomic mass is 79.9. The topological polar surface area (TPSA) is 65.7 Å². The number of carbonyl (C=O) groups is 1. The van der Waals surface area contributed by atoms with E-state index in [2.05, 4.69) is 35.9 Å². The Bertz CT molecular complexity index is 749. The molecule has 1 amide bonds. The van der Waals surface area contributed by atoms with Gasteiger partial charge in [-0.15, -0.1) is 10.2 Å². The van der Waals surface area contributed by atoms with Crippen LogP contribution in [0.3, 0.4) is 0 Å². The molecular formula is C18H24BrN5O2. The van der Waals surface area contributed by atoms with E-state index < -0.39 is 0 Å². The van der Waals surface area contributed by atoms with Crippen molar-refractivity contribution in [3.05, 3.63) is 34.6 Å². The Morgan fingerprint density at radius 3 is 2.73 bits per heavy atom. The summed E-state index contributed by atoms with van der Waals surface area (Å²) in [6.07, 6.45) is 1.02. The Morgan fingerprint density at radius 2 is 1.96 bits per heavy atom. The number of hydrogen-bond donors (Lipinski definition) is 0. The molecule has 1 saturated heterocycles. The van der Waals surface area contributed by atoms with Gasteiger partial charge in [-0.3, -0.25) is 14.6 Å². The van der Waals surface area contributed by atoms with Crippen molar-refractivity contribution in [1.29, 1.82) is 0 Å². The first-order valence-electron chi connectivity index (χ1n) is 8.74. The first kappa shape index (κ1) is 19.0. The van der Waals surface area contributed by atoms with E-state index in [1.165, 1.54) is 0 Å². The summed E-state index contributed by atoms with van der Waals surface area (Å²) in [6.45, 7) is 4.76. The molecule has 1 aliphatic rings.